The van der Waals surface area contributed by atoms with Crippen molar-refractivity contribution >= 4 is 11.5 Å². The predicted molar refractivity (Wildman–Crippen MR) is 50.9 cm³/mol. The molecular formula is C10H8N2O2. The molecule has 70 valence electrons. The van der Waals surface area contributed by atoms with Gasteiger partial charge in [0, 0.05) is 6.08 Å². The molecule has 4 nitrogen and oxygen atoms in total. The number of phenols is 1. The minimum Gasteiger partial charge on any atom is -0.508 e. The molecule has 0 aliphatic rings. The fourth-order valence-corrected chi connectivity index (χ4v) is 0.963. The molecule has 14 heavy (non-hydrogen) atoms. The minimum atomic E-state index is -0.672. The van der Waals surface area contributed by atoms with Crippen LogP contribution in [0.15, 0.2) is 30.3 Å². The number of allylic oxidation sites excluding steroid dienone is 1. The standard InChI is InChI=1S/C10H8N2O2/c11-6-8(5-10(12)14)7-1-3-9(13)4-2-7/h1-5,13H,(H2,12,14). The number of amides is 1. The van der Waals surface area contributed by atoms with Crippen LogP contribution in [0.3, 0.4) is 0 Å². The summed E-state index contributed by atoms with van der Waals surface area (Å²) in [5, 5.41) is 17.7. The van der Waals surface area contributed by atoms with Crippen LogP contribution in [-0.4, -0.2) is 11.0 Å². The van der Waals surface area contributed by atoms with Gasteiger partial charge < -0.3 is 10.8 Å². The molecule has 0 fully saturated rings. The fourth-order valence-electron chi connectivity index (χ4n) is 0.963. The summed E-state index contributed by atoms with van der Waals surface area (Å²) < 4.78 is 0. The zero-order chi connectivity index (χ0) is 10.6. The molecule has 0 aliphatic heterocycles. The van der Waals surface area contributed by atoms with Gasteiger partial charge in [-0.1, -0.05) is 0 Å². The lowest BCUT2D eigenvalue weighted by Crippen LogP contribution is -2.06. The Hall–Kier alpha value is -2.28. The van der Waals surface area contributed by atoms with Crippen LogP contribution in [-0.2, 0) is 4.79 Å². The molecule has 1 rings (SSSR count). The number of carbonyl (C=O) groups is 1. The van der Waals surface area contributed by atoms with Crippen molar-refractivity contribution in [2.24, 2.45) is 5.73 Å². The second kappa shape index (κ2) is 4.10. The molecular weight excluding hydrogens is 180 g/mol. The zero-order valence-electron chi connectivity index (χ0n) is 7.27. The molecule has 3 N–H and O–H groups in total. The van der Waals surface area contributed by atoms with Gasteiger partial charge in [-0.2, -0.15) is 5.26 Å². The number of primary amides is 1. The van der Waals surface area contributed by atoms with Crippen molar-refractivity contribution in [3.63, 3.8) is 0 Å². The van der Waals surface area contributed by atoms with Crippen LogP contribution in [0, 0.1) is 11.3 Å². The van der Waals surface area contributed by atoms with Crippen LogP contribution in [0.4, 0.5) is 0 Å². The Bertz CT molecular complexity index is 413. The van der Waals surface area contributed by atoms with Gasteiger partial charge in [-0.15, -0.1) is 0 Å². The van der Waals surface area contributed by atoms with E-state index >= 15 is 0 Å². The number of nitrogens with zero attached hydrogens (tertiary/aromatic N) is 1. The second-order valence-electron chi connectivity index (χ2n) is 2.62. The molecule has 0 heterocycles. The van der Waals surface area contributed by atoms with Crippen molar-refractivity contribution in [3.8, 4) is 11.8 Å². The Morgan fingerprint density at radius 2 is 2.00 bits per heavy atom. The van der Waals surface area contributed by atoms with Crippen molar-refractivity contribution < 1.29 is 9.90 Å². The molecule has 4 heteroatoms. The third kappa shape index (κ3) is 2.35. The summed E-state index contributed by atoms with van der Waals surface area (Å²) in [5.41, 5.74) is 5.64. The quantitative estimate of drug-likeness (QED) is 0.531. The first-order valence-electron chi connectivity index (χ1n) is 3.84. The molecule has 0 bridgehead atoms. The van der Waals surface area contributed by atoms with Gasteiger partial charge in [0.1, 0.15) is 5.75 Å². The topological polar surface area (TPSA) is 87.1 Å². The van der Waals surface area contributed by atoms with Gasteiger partial charge in [0.2, 0.25) is 5.91 Å². The molecule has 0 atom stereocenters. The minimum absolute atomic E-state index is 0.102. The number of carbonyl (C=O) groups excluding carboxylic acids is 1. The zero-order valence-corrected chi connectivity index (χ0v) is 7.27. The van der Waals surface area contributed by atoms with Crippen LogP contribution in [0.5, 0.6) is 5.75 Å². The summed E-state index contributed by atoms with van der Waals surface area (Å²) in [6.45, 7) is 0. The SMILES string of the molecule is N#CC(=CC(N)=O)c1ccc(O)cc1. The van der Waals surface area contributed by atoms with E-state index in [9.17, 15) is 4.79 Å². The smallest absolute Gasteiger partial charge is 0.242 e. The largest absolute Gasteiger partial charge is 0.508 e. The van der Waals surface area contributed by atoms with Crippen molar-refractivity contribution in [2.75, 3.05) is 0 Å². The number of hydrogen-bond acceptors (Lipinski definition) is 3. The van der Waals surface area contributed by atoms with Gasteiger partial charge in [0.15, 0.2) is 0 Å². The fraction of sp³-hybridized carbons (Fsp3) is 0. The Balaban J connectivity index is 3.09. The first-order valence-corrected chi connectivity index (χ1v) is 3.84. The average molecular weight is 188 g/mol. The van der Waals surface area contributed by atoms with E-state index in [0.29, 0.717) is 5.56 Å². The van der Waals surface area contributed by atoms with Crippen LogP contribution in [0.1, 0.15) is 5.56 Å². The molecule has 1 amide bonds. The number of rotatable bonds is 2. The van der Waals surface area contributed by atoms with Gasteiger partial charge in [-0.3, -0.25) is 4.79 Å². The molecule has 0 spiro atoms. The van der Waals surface area contributed by atoms with Crippen LogP contribution < -0.4 is 5.73 Å². The Morgan fingerprint density at radius 3 is 2.43 bits per heavy atom. The van der Waals surface area contributed by atoms with Gasteiger partial charge in [-0.05, 0) is 29.8 Å². The summed E-state index contributed by atoms with van der Waals surface area (Å²) in [4.78, 5) is 10.6. The van der Waals surface area contributed by atoms with E-state index in [0.717, 1.165) is 6.08 Å². The lowest BCUT2D eigenvalue weighted by atomic mass is 10.1. The summed E-state index contributed by atoms with van der Waals surface area (Å²) in [7, 11) is 0. The van der Waals surface area contributed by atoms with Gasteiger partial charge in [-0.25, -0.2) is 0 Å². The van der Waals surface area contributed by atoms with E-state index in [1.165, 1.54) is 24.3 Å². The van der Waals surface area contributed by atoms with Crippen molar-refractivity contribution in [1.29, 1.82) is 5.26 Å². The first-order chi connectivity index (χ1) is 6.63. The van der Waals surface area contributed by atoms with Crippen molar-refractivity contribution in [3.05, 3.63) is 35.9 Å². The Kier molecular flexibility index (Phi) is 2.87. The number of phenolic OH excluding ortho intramolecular Hbond substituents is 1. The highest BCUT2D eigenvalue weighted by Crippen LogP contribution is 2.16. The molecule has 0 saturated carbocycles. The molecule has 0 saturated heterocycles. The maximum Gasteiger partial charge on any atom is 0.242 e. The molecule has 0 unspecified atom stereocenters. The highest BCUT2D eigenvalue weighted by atomic mass is 16.3. The third-order valence-electron chi connectivity index (χ3n) is 1.59. The summed E-state index contributed by atoms with van der Waals surface area (Å²) in [6, 6.07) is 7.78. The van der Waals surface area contributed by atoms with E-state index in [-0.39, 0.29) is 11.3 Å². The number of nitrogens with two attached hydrogens (primary N) is 1. The number of nitriles is 1. The van der Waals surface area contributed by atoms with Gasteiger partial charge in [0.05, 0.1) is 11.6 Å². The highest BCUT2D eigenvalue weighted by Gasteiger charge is 2.01. The van der Waals surface area contributed by atoms with Crippen molar-refractivity contribution in [1.82, 2.24) is 0 Å². The van der Waals surface area contributed by atoms with E-state index in [4.69, 9.17) is 16.1 Å². The maximum absolute atomic E-state index is 10.6. The Morgan fingerprint density at radius 1 is 1.43 bits per heavy atom. The van der Waals surface area contributed by atoms with E-state index in [1.54, 1.807) is 0 Å². The highest BCUT2D eigenvalue weighted by molar-refractivity contribution is 5.97. The first kappa shape index (κ1) is 9.81. The molecule has 0 aliphatic carbocycles. The molecule has 1 aromatic rings. The predicted octanol–water partition coefficient (Wildman–Crippen LogP) is 0.784. The normalized spacial score (nSPS) is 10.6. The van der Waals surface area contributed by atoms with Crippen molar-refractivity contribution in [2.45, 2.75) is 0 Å². The van der Waals surface area contributed by atoms with Crippen LogP contribution >= 0.6 is 0 Å². The van der Waals surface area contributed by atoms with Gasteiger partial charge in [0.25, 0.3) is 0 Å². The third-order valence-corrected chi connectivity index (χ3v) is 1.59. The number of benzene rings is 1. The van der Waals surface area contributed by atoms with Crippen LogP contribution in [0.2, 0.25) is 0 Å². The molecule has 0 aromatic heterocycles. The average Bonchev–Trinajstić information content (AvgIpc) is 2.15. The molecule has 1 aromatic carbocycles. The summed E-state index contributed by atoms with van der Waals surface area (Å²) in [6.07, 6.45) is 1.05. The number of hydrogen-bond donors (Lipinski definition) is 2. The van der Waals surface area contributed by atoms with E-state index in [2.05, 4.69) is 0 Å². The summed E-state index contributed by atoms with van der Waals surface area (Å²) in [5.74, 6) is -0.570. The van der Waals surface area contributed by atoms with Gasteiger partial charge >= 0.3 is 0 Å². The Labute approximate surface area is 80.9 Å². The summed E-state index contributed by atoms with van der Waals surface area (Å²) >= 11 is 0. The second-order valence-corrected chi connectivity index (χ2v) is 2.62. The lowest BCUT2D eigenvalue weighted by molar-refractivity contribution is -0.113. The lowest BCUT2D eigenvalue weighted by Gasteiger charge is -1.97. The maximum atomic E-state index is 10.6. The monoisotopic (exact) mass is 188 g/mol. The van der Waals surface area contributed by atoms with Crippen LogP contribution in [0.25, 0.3) is 5.57 Å². The molecule has 0 radical (unpaired) electrons. The van der Waals surface area contributed by atoms with E-state index in [1.807, 2.05) is 6.07 Å². The number of aromatic hydroxyl groups is 1. The van der Waals surface area contributed by atoms with E-state index < -0.39 is 5.91 Å².